The van der Waals surface area contributed by atoms with Crippen molar-refractivity contribution in [3.8, 4) is 0 Å². The summed E-state index contributed by atoms with van der Waals surface area (Å²) >= 11 is 5.07. The molecule has 1 aliphatic carbocycles. The Morgan fingerprint density at radius 1 is 1.47 bits per heavy atom. The van der Waals surface area contributed by atoms with Crippen LogP contribution in [0.15, 0.2) is 16.5 Å². The van der Waals surface area contributed by atoms with E-state index in [0.717, 1.165) is 25.7 Å². The zero-order valence-electron chi connectivity index (χ0n) is 9.79. The number of rotatable bonds is 3. The Morgan fingerprint density at radius 3 is 2.59 bits per heavy atom. The molecule has 5 heteroatoms. The van der Waals surface area contributed by atoms with Gasteiger partial charge in [-0.1, -0.05) is 25.1 Å². The zero-order chi connectivity index (χ0) is 12.5. The molecule has 0 unspecified atom stereocenters. The fourth-order valence-corrected chi connectivity index (χ4v) is 2.50. The molecule has 2 rings (SSSR count). The Balaban J connectivity index is 2.14. The minimum absolute atomic E-state index is 0.243. The van der Waals surface area contributed by atoms with E-state index < -0.39 is 5.54 Å². The zero-order valence-corrected chi connectivity index (χ0v) is 10.6. The van der Waals surface area contributed by atoms with E-state index in [-0.39, 0.29) is 5.91 Å². The van der Waals surface area contributed by atoms with Crippen LogP contribution in [-0.2, 0) is 0 Å². The summed E-state index contributed by atoms with van der Waals surface area (Å²) in [5.41, 5.74) is 5.23. The number of thiocarbonyl (C=S) groups is 1. The first kappa shape index (κ1) is 12.1. The van der Waals surface area contributed by atoms with E-state index in [4.69, 9.17) is 22.4 Å². The van der Waals surface area contributed by atoms with Crippen LogP contribution in [0.3, 0.4) is 0 Å². The molecular weight excluding hydrogens is 236 g/mol. The van der Waals surface area contributed by atoms with Crippen molar-refractivity contribution in [3.63, 3.8) is 0 Å². The molecule has 0 bridgehead atoms. The van der Waals surface area contributed by atoms with Gasteiger partial charge in [0.2, 0.25) is 0 Å². The highest BCUT2D eigenvalue weighted by Gasteiger charge is 2.38. The Bertz CT molecular complexity index is 447. The third kappa shape index (κ3) is 2.34. The lowest BCUT2D eigenvalue weighted by Gasteiger charge is -2.28. The number of furan rings is 1. The van der Waals surface area contributed by atoms with Crippen LogP contribution in [0.5, 0.6) is 0 Å². The molecule has 0 atom stereocenters. The van der Waals surface area contributed by atoms with Gasteiger partial charge in [-0.2, -0.15) is 0 Å². The van der Waals surface area contributed by atoms with Crippen molar-refractivity contribution in [3.05, 3.63) is 23.7 Å². The molecule has 92 valence electrons. The highest BCUT2D eigenvalue weighted by molar-refractivity contribution is 7.80. The average Bonchev–Trinajstić information content (AvgIpc) is 2.87. The van der Waals surface area contributed by atoms with Crippen molar-refractivity contribution < 1.29 is 9.21 Å². The summed E-state index contributed by atoms with van der Waals surface area (Å²) < 4.78 is 5.28. The van der Waals surface area contributed by atoms with E-state index in [2.05, 4.69) is 5.32 Å². The van der Waals surface area contributed by atoms with Crippen LogP contribution in [0, 0.1) is 6.92 Å². The normalized spacial score (nSPS) is 17.9. The number of amides is 1. The molecule has 0 aromatic carbocycles. The first-order chi connectivity index (χ1) is 8.03. The monoisotopic (exact) mass is 252 g/mol. The van der Waals surface area contributed by atoms with Crippen LogP contribution >= 0.6 is 12.2 Å². The van der Waals surface area contributed by atoms with Gasteiger partial charge >= 0.3 is 0 Å². The molecule has 1 aliphatic rings. The molecule has 17 heavy (non-hydrogen) atoms. The van der Waals surface area contributed by atoms with E-state index in [1.165, 1.54) is 0 Å². The van der Waals surface area contributed by atoms with Crippen molar-refractivity contribution in [2.24, 2.45) is 5.73 Å². The lowest BCUT2D eigenvalue weighted by Crippen LogP contribution is -2.54. The number of hydrogen-bond acceptors (Lipinski definition) is 3. The second-order valence-corrected chi connectivity index (χ2v) is 4.96. The van der Waals surface area contributed by atoms with Crippen LogP contribution in [0.25, 0.3) is 0 Å². The first-order valence-corrected chi connectivity index (χ1v) is 6.13. The summed E-state index contributed by atoms with van der Waals surface area (Å²) in [7, 11) is 0. The van der Waals surface area contributed by atoms with Gasteiger partial charge in [0.15, 0.2) is 5.76 Å². The maximum atomic E-state index is 12.0. The molecular formula is C12H16N2O2S. The van der Waals surface area contributed by atoms with Gasteiger partial charge in [0.05, 0.1) is 10.5 Å². The lowest BCUT2D eigenvalue weighted by molar-refractivity contribution is 0.0895. The largest absolute Gasteiger partial charge is 0.456 e. The molecule has 1 fully saturated rings. The molecule has 1 aromatic heterocycles. The molecule has 0 aliphatic heterocycles. The van der Waals surface area contributed by atoms with Gasteiger partial charge < -0.3 is 15.5 Å². The highest BCUT2D eigenvalue weighted by Crippen LogP contribution is 2.30. The standard InChI is InChI=1S/C12H16N2O2S/c1-8-4-5-9(16-8)10(15)14-12(11(13)17)6-2-3-7-12/h4-5H,2-3,6-7H2,1H3,(H2,13,17)(H,14,15). The van der Waals surface area contributed by atoms with Crippen molar-refractivity contribution in [1.29, 1.82) is 0 Å². The number of nitrogens with one attached hydrogen (secondary N) is 1. The lowest BCUT2D eigenvalue weighted by atomic mass is 9.97. The van der Waals surface area contributed by atoms with Gasteiger partial charge in [-0.15, -0.1) is 0 Å². The Labute approximate surface area is 106 Å². The maximum Gasteiger partial charge on any atom is 0.287 e. The predicted molar refractivity (Wildman–Crippen MR) is 68.9 cm³/mol. The molecule has 1 heterocycles. The molecule has 0 radical (unpaired) electrons. The molecule has 1 amide bonds. The Kier molecular flexibility index (Phi) is 3.19. The van der Waals surface area contributed by atoms with E-state index >= 15 is 0 Å². The molecule has 4 nitrogen and oxygen atoms in total. The van der Waals surface area contributed by atoms with Crippen LogP contribution in [0.1, 0.15) is 42.0 Å². The topological polar surface area (TPSA) is 68.3 Å². The summed E-state index contributed by atoms with van der Waals surface area (Å²) in [5, 5.41) is 2.92. The van der Waals surface area contributed by atoms with Crippen molar-refractivity contribution >= 4 is 23.1 Å². The summed E-state index contributed by atoms with van der Waals surface area (Å²) in [6, 6.07) is 3.42. The van der Waals surface area contributed by atoms with Gasteiger partial charge in [-0.3, -0.25) is 4.79 Å². The van der Waals surface area contributed by atoms with Gasteiger partial charge in [0.1, 0.15) is 5.76 Å². The van der Waals surface area contributed by atoms with E-state index in [1.807, 2.05) is 0 Å². The van der Waals surface area contributed by atoms with Gasteiger partial charge in [-0.05, 0) is 31.9 Å². The molecule has 3 N–H and O–H groups in total. The first-order valence-electron chi connectivity index (χ1n) is 5.72. The van der Waals surface area contributed by atoms with E-state index in [9.17, 15) is 4.79 Å². The summed E-state index contributed by atoms with van der Waals surface area (Å²) in [6.07, 6.45) is 3.70. The summed E-state index contributed by atoms with van der Waals surface area (Å²) in [5.74, 6) is 0.781. The highest BCUT2D eigenvalue weighted by atomic mass is 32.1. The minimum atomic E-state index is -0.521. The smallest absolute Gasteiger partial charge is 0.287 e. The molecule has 0 saturated heterocycles. The molecule has 1 aromatic rings. The van der Waals surface area contributed by atoms with Gasteiger partial charge in [0, 0.05) is 0 Å². The second-order valence-electron chi connectivity index (χ2n) is 4.52. The maximum absolute atomic E-state index is 12.0. The average molecular weight is 252 g/mol. The molecule has 1 saturated carbocycles. The van der Waals surface area contributed by atoms with Crippen molar-refractivity contribution in [1.82, 2.24) is 5.32 Å². The fourth-order valence-electron chi connectivity index (χ4n) is 2.25. The van der Waals surface area contributed by atoms with Gasteiger partial charge in [0.25, 0.3) is 5.91 Å². The number of nitrogens with two attached hydrogens (primary N) is 1. The van der Waals surface area contributed by atoms with Gasteiger partial charge in [-0.25, -0.2) is 0 Å². The third-order valence-corrected chi connectivity index (χ3v) is 3.64. The third-order valence-electron chi connectivity index (χ3n) is 3.25. The van der Waals surface area contributed by atoms with Crippen molar-refractivity contribution in [2.45, 2.75) is 38.1 Å². The summed E-state index contributed by atoms with van der Waals surface area (Å²) in [6.45, 7) is 1.80. The summed E-state index contributed by atoms with van der Waals surface area (Å²) in [4.78, 5) is 12.4. The predicted octanol–water partition coefficient (Wildman–Crippen LogP) is 1.92. The number of hydrogen-bond donors (Lipinski definition) is 2. The Hall–Kier alpha value is -1.36. The van der Waals surface area contributed by atoms with Crippen LogP contribution < -0.4 is 11.1 Å². The van der Waals surface area contributed by atoms with Crippen LogP contribution in [0.2, 0.25) is 0 Å². The van der Waals surface area contributed by atoms with E-state index in [1.54, 1.807) is 19.1 Å². The molecule has 0 spiro atoms. The second kappa shape index (κ2) is 4.49. The van der Waals surface area contributed by atoms with E-state index in [0.29, 0.717) is 16.5 Å². The minimum Gasteiger partial charge on any atom is -0.456 e. The van der Waals surface area contributed by atoms with Crippen molar-refractivity contribution in [2.75, 3.05) is 0 Å². The number of carbonyl (C=O) groups excluding carboxylic acids is 1. The fraction of sp³-hybridized carbons (Fsp3) is 0.500. The quantitative estimate of drug-likeness (QED) is 0.806. The van der Waals surface area contributed by atoms with Crippen LogP contribution in [0.4, 0.5) is 0 Å². The number of aryl methyl sites for hydroxylation is 1. The number of carbonyl (C=O) groups is 1. The Morgan fingerprint density at radius 2 is 2.12 bits per heavy atom. The SMILES string of the molecule is Cc1ccc(C(=O)NC2(C(N)=S)CCCC2)o1. The van der Waals surface area contributed by atoms with Crippen LogP contribution in [-0.4, -0.2) is 16.4 Å².